The van der Waals surface area contributed by atoms with Crippen LogP contribution < -0.4 is 5.32 Å². The van der Waals surface area contributed by atoms with E-state index < -0.39 is 0 Å². The Morgan fingerprint density at radius 2 is 1.86 bits per heavy atom. The maximum Gasteiger partial charge on any atom is 0.268 e. The van der Waals surface area contributed by atoms with Gasteiger partial charge in [-0.15, -0.1) is 0 Å². The number of halogens is 1. The lowest BCUT2D eigenvalue weighted by molar-refractivity contribution is 0.0949. The third kappa shape index (κ3) is 2.86. The number of hydrogen-bond donors (Lipinski definition) is 2. The zero-order chi connectivity index (χ0) is 15.5. The zero-order valence-corrected chi connectivity index (χ0v) is 12.3. The van der Waals surface area contributed by atoms with Crippen LogP contribution in [0.4, 0.5) is 4.39 Å². The van der Waals surface area contributed by atoms with E-state index in [1.165, 1.54) is 12.1 Å². The summed E-state index contributed by atoms with van der Waals surface area (Å²) in [7, 11) is 0. The number of H-pyrrole nitrogens is 1. The van der Waals surface area contributed by atoms with Gasteiger partial charge in [-0.3, -0.25) is 4.79 Å². The van der Waals surface area contributed by atoms with Gasteiger partial charge in [0.1, 0.15) is 11.5 Å². The molecule has 0 bridgehead atoms. The Kier molecular flexibility index (Phi) is 3.92. The predicted molar refractivity (Wildman–Crippen MR) is 85.5 cm³/mol. The van der Waals surface area contributed by atoms with Crippen molar-refractivity contribution in [2.45, 2.75) is 13.3 Å². The highest BCUT2D eigenvalue weighted by Gasteiger charge is 2.13. The largest absolute Gasteiger partial charge is 0.350 e. The molecule has 4 heteroatoms. The minimum Gasteiger partial charge on any atom is -0.350 e. The molecule has 1 aromatic heterocycles. The van der Waals surface area contributed by atoms with Crippen molar-refractivity contribution < 1.29 is 9.18 Å². The molecule has 3 aromatic rings. The number of aryl methyl sites for hydroxylation is 1. The van der Waals surface area contributed by atoms with Crippen molar-refractivity contribution in [3.05, 3.63) is 71.2 Å². The number of amides is 1. The molecule has 112 valence electrons. The van der Waals surface area contributed by atoms with Gasteiger partial charge in [0.2, 0.25) is 0 Å². The molecule has 0 atom stereocenters. The van der Waals surface area contributed by atoms with Gasteiger partial charge in [-0.1, -0.05) is 30.3 Å². The number of nitrogens with one attached hydrogen (secondary N) is 2. The van der Waals surface area contributed by atoms with Gasteiger partial charge in [-0.05, 0) is 42.7 Å². The molecule has 3 rings (SSSR count). The van der Waals surface area contributed by atoms with Crippen LogP contribution in [0.5, 0.6) is 0 Å². The second kappa shape index (κ2) is 6.02. The fraction of sp³-hybridized carbons (Fsp3) is 0.167. The summed E-state index contributed by atoms with van der Waals surface area (Å²) in [5.41, 5.74) is 3.51. The molecule has 0 unspecified atom stereocenters. The third-order valence-corrected chi connectivity index (χ3v) is 3.81. The average molecular weight is 296 g/mol. The van der Waals surface area contributed by atoms with E-state index in [2.05, 4.69) is 10.3 Å². The molecule has 2 aromatic carbocycles. The second-order valence-corrected chi connectivity index (χ2v) is 5.30. The summed E-state index contributed by atoms with van der Waals surface area (Å²) in [5.74, 6) is -0.364. The van der Waals surface area contributed by atoms with E-state index in [4.69, 9.17) is 0 Å². The van der Waals surface area contributed by atoms with Crippen molar-refractivity contribution in [1.29, 1.82) is 0 Å². The van der Waals surface area contributed by atoms with E-state index in [9.17, 15) is 9.18 Å². The molecular formula is C18H17FN2O. The molecule has 0 fully saturated rings. The van der Waals surface area contributed by atoms with E-state index in [1.54, 1.807) is 12.1 Å². The first-order valence-electron chi connectivity index (χ1n) is 7.25. The molecule has 1 amide bonds. The Balaban J connectivity index is 1.66. The van der Waals surface area contributed by atoms with Crippen LogP contribution in [0.1, 0.15) is 21.6 Å². The second-order valence-electron chi connectivity index (χ2n) is 5.30. The topological polar surface area (TPSA) is 44.9 Å². The number of carbonyl (C=O) groups is 1. The van der Waals surface area contributed by atoms with Crippen LogP contribution in [0.25, 0.3) is 10.9 Å². The van der Waals surface area contributed by atoms with Crippen LogP contribution in [0.15, 0.2) is 48.5 Å². The van der Waals surface area contributed by atoms with Crippen molar-refractivity contribution in [3.63, 3.8) is 0 Å². The number of carbonyl (C=O) groups excluding carboxylic acids is 1. The summed E-state index contributed by atoms with van der Waals surface area (Å²) >= 11 is 0. The minimum absolute atomic E-state index is 0.115. The van der Waals surface area contributed by atoms with E-state index in [0.717, 1.165) is 22.0 Å². The van der Waals surface area contributed by atoms with Crippen molar-refractivity contribution in [2.24, 2.45) is 0 Å². The molecular weight excluding hydrogens is 279 g/mol. The SMILES string of the molecule is Cc1c(C(=O)NCCc2ccc(F)cc2)[nH]c2ccccc12. The first-order valence-corrected chi connectivity index (χ1v) is 7.25. The van der Waals surface area contributed by atoms with Crippen LogP contribution in [-0.2, 0) is 6.42 Å². The van der Waals surface area contributed by atoms with E-state index in [1.807, 2.05) is 31.2 Å². The predicted octanol–water partition coefficient (Wildman–Crippen LogP) is 3.59. The summed E-state index contributed by atoms with van der Waals surface area (Å²) in [6, 6.07) is 14.2. The third-order valence-electron chi connectivity index (χ3n) is 3.81. The number of benzene rings is 2. The lowest BCUT2D eigenvalue weighted by Crippen LogP contribution is -2.26. The standard InChI is InChI=1S/C18H17FN2O/c1-12-15-4-2-3-5-16(15)21-17(12)18(22)20-11-10-13-6-8-14(19)9-7-13/h2-9,21H,10-11H2,1H3,(H,20,22). The fourth-order valence-electron chi connectivity index (χ4n) is 2.57. The number of para-hydroxylation sites is 1. The summed E-state index contributed by atoms with van der Waals surface area (Å²) < 4.78 is 12.8. The maximum atomic E-state index is 12.8. The molecule has 0 radical (unpaired) electrons. The fourth-order valence-corrected chi connectivity index (χ4v) is 2.57. The summed E-state index contributed by atoms with van der Waals surface area (Å²) in [5, 5.41) is 3.96. The van der Waals surface area contributed by atoms with Gasteiger partial charge in [0.15, 0.2) is 0 Å². The van der Waals surface area contributed by atoms with Crippen LogP contribution >= 0.6 is 0 Å². The number of hydrogen-bond acceptors (Lipinski definition) is 1. The van der Waals surface area contributed by atoms with Crippen LogP contribution in [0.2, 0.25) is 0 Å². The Bertz CT molecular complexity index is 806. The number of fused-ring (bicyclic) bond motifs is 1. The molecule has 1 heterocycles. The molecule has 0 aliphatic carbocycles. The van der Waals surface area contributed by atoms with Crippen molar-refractivity contribution in [1.82, 2.24) is 10.3 Å². The quantitative estimate of drug-likeness (QED) is 0.759. The van der Waals surface area contributed by atoms with Gasteiger partial charge in [0.05, 0.1) is 0 Å². The van der Waals surface area contributed by atoms with Crippen LogP contribution in [0, 0.1) is 12.7 Å². The van der Waals surface area contributed by atoms with Crippen molar-refractivity contribution in [3.8, 4) is 0 Å². The highest BCUT2D eigenvalue weighted by Crippen LogP contribution is 2.21. The first kappa shape index (κ1) is 14.3. The molecule has 0 aliphatic rings. The lowest BCUT2D eigenvalue weighted by Gasteiger charge is -2.05. The van der Waals surface area contributed by atoms with E-state index in [-0.39, 0.29) is 11.7 Å². The van der Waals surface area contributed by atoms with Gasteiger partial charge in [0, 0.05) is 17.4 Å². The molecule has 2 N–H and O–H groups in total. The Hall–Kier alpha value is -2.62. The maximum absolute atomic E-state index is 12.8. The summed E-state index contributed by atoms with van der Waals surface area (Å²) in [4.78, 5) is 15.4. The summed E-state index contributed by atoms with van der Waals surface area (Å²) in [6.07, 6.45) is 0.672. The smallest absolute Gasteiger partial charge is 0.268 e. The Morgan fingerprint density at radius 3 is 2.59 bits per heavy atom. The zero-order valence-electron chi connectivity index (χ0n) is 12.3. The van der Waals surface area contributed by atoms with Crippen LogP contribution in [0.3, 0.4) is 0 Å². The number of aromatic nitrogens is 1. The molecule has 0 spiro atoms. The monoisotopic (exact) mass is 296 g/mol. The Labute approximate surface area is 128 Å². The van der Waals surface area contributed by atoms with Crippen LogP contribution in [-0.4, -0.2) is 17.4 Å². The summed E-state index contributed by atoms with van der Waals surface area (Å²) in [6.45, 7) is 2.45. The van der Waals surface area contributed by atoms with Crippen molar-refractivity contribution >= 4 is 16.8 Å². The molecule has 22 heavy (non-hydrogen) atoms. The van der Waals surface area contributed by atoms with Crippen molar-refractivity contribution in [2.75, 3.05) is 6.54 Å². The van der Waals surface area contributed by atoms with Gasteiger partial charge in [-0.25, -0.2) is 4.39 Å². The highest BCUT2D eigenvalue weighted by atomic mass is 19.1. The van der Waals surface area contributed by atoms with E-state index in [0.29, 0.717) is 18.7 Å². The van der Waals surface area contributed by atoms with Gasteiger partial charge in [-0.2, -0.15) is 0 Å². The number of aromatic amines is 1. The normalized spacial score (nSPS) is 10.8. The van der Waals surface area contributed by atoms with Gasteiger partial charge >= 0.3 is 0 Å². The lowest BCUT2D eigenvalue weighted by atomic mass is 10.1. The average Bonchev–Trinajstić information content (AvgIpc) is 2.87. The highest BCUT2D eigenvalue weighted by molar-refractivity contribution is 6.00. The molecule has 0 aliphatic heterocycles. The molecule has 3 nitrogen and oxygen atoms in total. The van der Waals surface area contributed by atoms with Gasteiger partial charge < -0.3 is 10.3 Å². The first-order chi connectivity index (χ1) is 10.6. The minimum atomic E-state index is -0.249. The Morgan fingerprint density at radius 1 is 1.14 bits per heavy atom. The molecule has 0 saturated carbocycles. The van der Waals surface area contributed by atoms with Gasteiger partial charge in [0.25, 0.3) is 5.91 Å². The molecule has 0 saturated heterocycles. The van der Waals surface area contributed by atoms with E-state index >= 15 is 0 Å². The number of rotatable bonds is 4.